The second kappa shape index (κ2) is 5.37. The first kappa shape index (κ1) is 9.80. The summed E-state index contributed by atoms with van der Waals surface area (Å²) in [5.74, 6) is 0.0187. The highest BCUT2D eigenvalue weighted by Gasteiger charge is 2.05. The molecule has 0 fully saturated rings. The van der Waals surface area contributed by atoms with Gasteiger partial charge in [0.15, 0.2) is 5.78 Å². The third kappa shape index (κ3) is 3.29. The van der Waals surface area contributed by atoms with Gasteiger partial charge < -0.3 is 4.74 Å². The minimum atomic E-state index is 0.0187. The minimum Gasteiger partial charge on any atom is -0.385 e. The molecule has 0 spiro atoms. The largest absolute Gasteiger partial charge is 0.385 e. The van der Waals surface area contributed by atoms with Crippen molar-refractivity contribution < 1.29 is 9.53 Å². The molecule has 0 bridgehead atoms. The van der Waals surface area contributed by atoms with Crippen molar-refractivity contribution in [2.24, 2.45) is 0 Å². The van der Waals surface area contributed by atoms with Crippen molar-refractivity contribution in [1.82, 2.24) is 9.97 Å². The van der Waals surface area contributed by atoms with E-state index in [0.29, 0.717) is 18.7 Å². The van der Waals surface area contributed by atoms with E-state index in [0.717, 1.165) is 6.42 Å². The zero-order valence-corrected chi connectivity index (χ0v) is 7.56. The average molecular weight is 180 g/mol. The molecule has 0 radical (unpaired) electrons. The number of aromatic nitrogens is 2. The summed E-state index contributed by atoms with van der Waals surface area (Å²) in [6.07, 6.45) is 5.74. The molecule has 0 atom stereocenters. The van der Waals surface area contributed by atoms with Gasteiger partial charge in [0.1, 0.15) is 5.69 Å². The molecule has 1 aromatic heterocycles. The molecule has 13 heavy (non-hydrogen) atoms. The molecule has 0 aliphatic rings. The fourth-order valence-corrected chi connectivity index (χ4v) is 0.948. The van der Waals surface area contributed by atoms with Crippen molar-refractivity contribution in [3.8, 4) is 0 Å². The highest BCUT2D eigenvalue weighted by molar-refractivity contribution is 5.93. The average Bonchev–Trinajstić information content (AvgIpc) is 2.19. The highest BCUT2D eigenvalue weighted by Crippen LogP contribution is 1.99. The van der Waals surface area contributed by atoms with Crippen molar-refractivity contribution >= 4 is 5.78 Å². The number of hydrogen-bond donors (Lipinski definition) is 0. The van der Waals surface area contributed by atoms with Crippen LogP contribution in [0.2, 0.25) is 0 Å². The highest BCUT2D eigenvalue weighted by atomic mass is 16.5. The summed E-state index contributed by atoms with van der Waals surface area (Å²) in [5.41, 5.74) is 0.429. The van der Waals surface area contributed by atoms with Gasteiger partial charge in [-0.25, -0.2) is 4.98 Å². The number of nitrogens with zero attached hydrogens (tertiary/aromatic N) is 2. The van der Waals surface area contributed by atoms with Crippen molar-refractivity contribution in [2.75, 3.05) is 13.7 Å². The molecule has 1 heterocycles. The fraction of sp³-hybridized carbons (Fsp3) is 0.444. The number of ketones is 1. The van der Waals surface area contributed by atoms with Crippen LogP contribution in [0.25, 0.3) is 0 Å². The first-order chi connectivity index (χ1) is 6.34. The van der Waals surface area contributed by atoms with Crippen LogP contribution in [0.15, 0.2) is 18.6 Å². The Morgan fingerprint density at radius 1 is 1.54 bits per heavy atom. The van der Waals surface area contributed by atoms with Gasteiger partial charge in [0.25, 0.3) is 0 Å². The van der Waals surface area contributed by atoms with Gasteiger partial charge in [-0.05, 0) is 6.42 Å². The van der Waals surface area contributed by atoms with E-state index >= 15 is 0 Å². The molecular formula is C9H12N2O2. The van der Waals surface area contributed by atoms with E-state index in [-0.39, 0.29) is 5.78 Å². The van der Waals surface area contributed by atoms with Crippen molar-refractivity contribution in [3.63, 3.8) is 0 Å². The summed E-state index contributed by atoms with van der Waals surface area (Å²) in [7, 11) is 1.62. The Labute approximate surface area is 77.0 Å². The third-order valence-corrected chi connectivity index (χ3v) is 1.60. The summed E-state index contributed by atoms with van der Waals surface area (Å²) < 4.78 is 4.84. The van der Waals surface area contributed by atoms with Crippen LogP contribution < -0.4 is 0 Å². The topological polar surface area (TPSA) is 52.1 Å². The van der Waals surface area contributed by atoms with Gasteiger partial charge in [0.05, 0.1) is 6.20 Å². The van der Waals surface area contributed by atoms with E-state index in [9.17, 15) is 4.79 Å². The van der Waals surface area contributed by atoms with E-state index < -0.39 is 0 Å². The van der Waals surface area contributed by atoms with Crippen LogP contribution in [0.3, 0.4) is 0 Å². The maximum atomic E-state index is 11.4. The molecule has 0 aliphatic carbocycles. The summed E-state index contributed by atoms with van der Waals surface area (Å²) in [6, 6.07) is 0. The maximum absolute atomic E-state index is 11.4. The molecule has 0 unspecified atom stereocenters. The Bertz CT molecular complexity index is 262. The maximum Gasteiger partial charge on any atom is 0.182 e. The molecule has 0 N–H and O–H groups in total. The van der Waals surface area contributed by atoms with Gasteiger partial charge >= 0.3 is 0 Å². The van der Waals surface area contributed by atoms with Crippen LogP contribution in [0.5, 0.6) is 0 Å². The zero-order valence-electron chi connectivity index (χ0n) is 7.56. The van der Waals surface area contributed by atoms with Crippen molar-refractivity contribution in [2.45, 2.75) is 12.8 Å². The Morgan fingerprint density at radius 2 is 2.38 bits per heavy atom. The van der Waals surface area contributed by atoms with Crippen molar-refractivity contribution in [1.29, 1.82) is 0 Å². The van der Waals surface area contributed by atoms with Gasteiger partial charge in [-0.15, -0.1) is 0 Å². The van der Waals surface area contributed by atoms with E-state index in [1.165, 1.54) is 12.4 Å². The molecule has 1 rings (SSSR count). The number of ether oxygens (including phenoxy) is 1. The smallest absolute Gasteiger partial charge is 0.182 e. The molecule has 0 aliphatic heterocycles. The minimum absolute atomic E-state index is 0.0187. The van der Waals surface area contributed by atoms with Crippen LogP contribution >= 0.6 is 0 Å². The lowest BCUT2D eigenvalue weighted by Crippen LogP contribution is -2.03. The van der Waals surface area contributed by atoms with E-state index in [1.807, 2.05) is 0 Å². The number of rotatable bonds is 5. The van der Waals surface area contributed by atoms with Crippen LogP contribution in [-0.4, -0.2) is 29.5 Å². The summed E-state index contributed by atoms with van der Waals surface area (Å²) in [5, 5.41) is 0. The van der Waals surface area contributed by atoms with E-state index in [1.54, 1.807) is 13.3 Å². The first-order valence-electron chi connectivity index (χ1n) is 4.12. The SMILES string of the molecule is COCCCC(=O)c1cnccn1. The number of hydrogen-bond acceptors (Lipinski definition) is 4. The lowest BCUT2D eigenvalue weighted by atomic mass is 10.2. The molecule has 4 heteroatoms. The first-order valence-corrected chi connectivity index (χ1v) is 4.12. The lowest BCUT2D eigenvalue weighted by Gasteiger charge is -1.98. The Kier molecular flexibility index (Phi) is 4.05. The molecule has 0 aromatic carbocycles. The Balaban J connectivity index is 2.40. The second-order valence-electron chi connectivity index (χ2n) is 2.61. The fourth-order valence-electron chi connectivity index (χ4n) is 0.948. The second-order valence-corrected chi connectivity index (χ2v) is 2.61. The van der Waals surface area contributed by atoms with Gasteiger partial charge in [-0.3, -0.25) is 9.78 Å². The number of carbonyl (C=O) groups is 1. The summed E-state index contributed by atoms with van der Waals surface area (Å²) >= 11 is 0. The van der Waals surface area contributed by atoms with Crippen LogP contribution in [0.1, 0.15) is 23.3 Å². The van der Waals surface area contributed by atoms with E-state index in [2.05, 4.69) is 9.97 Å². The monoisotopic (exact) mass is 180 g/mol. The molecule has 0 saturated heterocycles. The predicted molar refractivity (Wildman–Crippen MR) is 47.5 cm³/mol. The number of carbonyl (C=O) groups excluding carboxylic acids is 1. The molecule has 0 amide bonds. The van der Waals surface area contributed by atoms with Gasteiger partial charge in [0.2, 0.25) is 0 Å². The standard InChI is InChI=1S/C9H12N2O2/c1-13-6-2-3-9(12)8-7-10-4-5-11-8/h4-5,7H,2-3,6H2,1H3. The molecule has 4 nitrogen and oxygen atoms in total. The van der Waals surface area contributed by atoms with Crippen LogP contribution in [0.4, 0.5) is 0 Å². The summed E-state index contributed by atoms with van der Waals surface area (Å²) in [4.78, 5) is 19.1. The van der Waals surface area contributed by atoms with E-state index in [4.69, 9.17) is 4.74 Å². The lowest BCUT2D eigenvalue weighted by molar-refractivity contribution is 0.0958. The molecular weight excluding hydrogens is 168 g/mol. The number of Topliss-reactive ketones (excluding diaryl/α,β-unsaturated/α-hetero) is 1. The quantitative estimate of drug-likeness (QED) is 0.502. The van der Waals surface area contributed by atoms with Crippen molar-refractivity contribution in [3.05, 3.63) is 24.3 Å². The summed E-state index contributed by atoms with van der Waals surface area (Å²) in [6.45, 7) is 0.603. The van der Waals surface area contributed by atoms with Gasteiger partial charge in [-0.2, -0.15) is 0 Å². The Hall–Kier alpha value is -1.29. The molecule has 0 saturated carbocycles. The van der Waals surface area contributed by atoms with Gasteiger partial charge in [-0.1, -0.05) is 0 Å². The van der Waals surface area contributed by atoms with Crippen LogP contribution in [-0.2, 0) is 4.74 Å². The number of methoxy groups -OCH3 is 1. The van der Waals surface area contributed by atoms with Crippen LogP contribution in [0, 0.1) is 0 Å². The predicted octanol–water partition coefficient (Wildman–Crippen LogP) is 1.09. The normalized spacial score (nSPS) is 9.92. The molecule has 70 valence electrons. The third-order valence-electron chi connectivity index (χ3n) is 1.60. The molecule has 1 aromatic rings. The van der Waals surface area contributed by atoms with Gasteiger partial charge in [0, 0.05) is 32.5 Å². The Morgan fingerprint density at radius 3 is 3.00 bits per heavy atom. The zero-order chi connectivity index (χ0) is 9.52.